The molecule has 1 aromatic heterocycles. The highest BCUT2D eigenvalue weighted by Crippen LogP contribution is 2.05. The average Bonchev–Trinajstić information content (AvgIpc) is 2.50. The van der Waals surface area contributed by atoms with Gasteiger partial charge >= 0.3 is 5.97 Å². The van der Waals surface area contributed by atoms with Crippen molar-refractivity contribution in [1.82, 2.24) is 9.88 Å². The largest absolute Gasteiger partial charge is 0.481 e. The molecule has 0 bridgehead atoms. The van der Waals surface area contributed by atoms with Crippen LogP contribution >= 0.6 is 11.6 Å². The summed E-state index contributed by atoms with van der Waals surface area (Å²) in [7, 11) is 0. The number of amides is 1. The number of pyridine rings is 1. The van der Waals surface area contributed by atoms with Gasteiger partial charge in [-0.25, -0.2) is 0 Å². The second-order valence-electron chi connectivity index (χ2n) is 5.39. The Morgan fingerprint density at radius 1 is 1.09 bits per heavy atom. The van der Waals surface area contributed by atoms with Crippen molar-refractivity contribution in [3.05, 3.63) is 33.7 Å². The highest BCUT2D eigenvalue weighted by Gasteiger charge is 2.02. The smallest absolute Gasteiger partial charge is 0.303 e. The van der Waals surface area contributed by atoms with Gasteiger partial charge in [0.1, 0.15) is 0 Å². The van der Waals surface area contributed by atoms with E-state index in [0.29, 0.717) is 37.4 Å². The van der Waals surface area contributed by atoms with Gasteiger partial charge < -0.3 is 15.0 Å². The Morgan fingerprint density at radius 3 is 2.57 bits per heavy atom. The molecule has 23 heavy (non-hydrogen) atoms. The van der Waals surface area contributed by atoms with Crippen LogP contribution in [0, 0.1) is 0 Å². The van der Waals surface area contributed by atoms with E-state index in [1.165, 1.54) is 6.07 Å². The zero-order valence-electron chi connectivity index (χ0n) is 13.1. The molecule has 0 atom stereocenters. The third-order valence-corrected chi connectivity index (χ3v) is 3.61. The Labute approximate surface area is 140 Å². The van der Waals surface area contributed by atoms with Gasteiger partial charge in [0.25, 0.3) is 5.56 Å². The van der Waals surface area contributed by atoms with Crippen molar-refractivity contribution in [2.45, 2.75) is 51.5 Å². The fourth-order valence-corrected chi connectivity index (χ4v) is 2.32. The zero-order valence-corrected chi connectivity index (χ0v) is 13.8. The molecule has 0 aliphatic carbocycles. The highest BCUT2D eigenvalue weighted by molar-refractivity contribution is 6.30. The van der Waals surface area contributed by atoms with Crippen LogP contribution in [-0.4, -0.2) is 28.1 Å². The lowest BCUT2D eigenvalue weighted by molar-refractivity contribution is -0.137. The van der Waals surface area contributed by atoms with E-state index in [4.69, 9.17) is 16.7 Å². The SMILES string of the molecule is O=C(O)CCCCCNC(=O)CCCCn1cc(Cl)ccc1=O. The van der Waals surface area contributed by atoms with Crippen molar-refractivity contribution < 1.29 is 14.7 Å². The Bertz CT molecular complexity index is 571. The average molecular weight is 343 g/mol. The molecule has 0 saturated carbocycles. The summed E-state index contributed by atoms with van der Waals surface area (Å²) < 4.78 is 1.54. The summed E-state index contributed by atoms with van der Waals surface area (Å²) in [6.07, 6.45) is 5.85. The summed E-state index contributed by atoms with van der Waals surface area (Å²) in [5.41, 5.74) is -0.0970. The number of rotatable bonds is 11. The lowest BCUT2D eigenvalue weighted by atomic mass is 10.2. The van der Waals surface area contributed by atoms with E-state index in [0.717, 1.165) is 19.3 Å². The van der Waals surface area contributed by atoms with Crippen LogP contribution in [0.1, 0.15) is 44.9 Å². The summed E-state index contributed by atoms with van der Waals surface area (Å²) >= 11 is 5.83. The molecule has 1 amide bonds. The molecule has 7 heteroatoms. The molecule has 0 saturated heterocycles. The normalized spacial score (nSPS) is 10.5. The summed E-state index contributed by atoms with van der Waals surface area (Å²) in [6.45, 7) is 1.12. The zero-order chi connectivity index (χ0) is 17.1. The lowest BCUT2D eigenvalue weighted by Crippen LogP contribution is -2.24. The molecule has 0 aliphatic heterocycles. The maximum Gasteiger partial charge on any atom is 0.303 e. The van der Waals surface area contributed by atoms with Crippen molar-refractivity contribution in [2.24, 2.45) is 0 Å². The fraction of sp³-hybridized carbons (Fsp3) is 0.562. The van der Waals surface area contributed by atoms with Crippen LogP contribution in [0.3, 0.4) is 0 Å². The van der Waals surface area contributed by atoms with Gasteiger partial charge in [-0.1, -0.05) is 18.0 Å². The number of nitrogens with zero attached hydrogens (tertiary/aromatic N) is 1. The van der Waals surface area contributed by atoms with Crippen molar-refractivity contribution >= 4 is 23.5 Å². The summed E-state index contributed by atoms with van der Waals surface area (Å²) in [5, 5.41) is 11.8. The van der Waals surface area contributed by atoms with E-state index in [-0.39, 0.29) is 17.9 Å². The summed E-state index contributed by atoms with van der Waals surface area (Å²) in [5.74, 6) is -0.797. The van der Waals surface area contributed by atoms with E-state index >= 15 is 0 Å². The van der Waals surface area contributed by atoms with Crippen LogP contribution in [0.15, 0.2) is 23.1 Å². The molecular weight excluding hydrogens is 320 g/mol. The molecule has 1 heterocycles. The van der Waals surface area contributed by atoms with Crippen LogP contribution in [0.25, 0.3) is 0 Å². The standard InChI is InChI=1S/C16H23ClN2O4/c17-13-8-9-15(21)19(12-13)11-5-3-6-14(20)18-10-4-1-2-7-16(22)23/h8-9,12H,1-7,10-11H2,(H,18,20)(H,22,23). The number of halogens is 1. The molecule has 0 spiro atoms. The van der Waals surface area contributed by atoms with Crippen LogP contribution in [0.5, 0.6) is 0 Å². The minimum Gasteiger partial charge on any atom is -0.481 e. The van der Waals surface area contributed by atoms with Crippen LogP contribution in [-0.2, 0) is 16.1 Å². The molecule has 0 radical (unpaired) electrons. The minimum absolute atomic E-state index is 0.0123. The first-order valence-electron chi connectivity index (χ1n) is 7.83. The third kappa shape index (κ3) is 9.03. The summed E-state index contributed by atoms with van der Waals surface area (Å²) in [6, 6.07) is 2.99. The number of hydrogen-bond donors (Lipinski definition) is 2. The van der Waals surface area contributed by atoms with Gasteiger partial charge in [0.05, 0.1) is 5.02 Å². The number of aryl methyl sites for hydroxylation is 1. The predicted molar refractivity (Wildman–Crippen MR) is 88.7 cm³/mol. The molecule has 0 aromatic carbocycles. The van der Waals surface area contributed by atoms with Gasteiger partial charge in [-0.15, -0.1) is 0 Å². The van der Waals surface area contributed by atoms with Crippen molar-refractivity contribution in [2.75, 3.05) is 6.54 Å². The molecule has 1 aromatic rings. The molecule has 2 N–H and O–H groups in total. The van der Waals surface area contributed by atoms with Gasteiger partial charge in [-0.2, -0.15) is 0 Å². The number of carbonyl (C=O) groups excluding carboxylic acids is 1. The van der Waals surface area contributed by atoms with E-state index in [2.05, 4.69) is 5.32 Å². The van der Waals surface area contributed by atoms with Gasteiger partial charge in [-0.3, -0.25) is 14.4 Å². The van der Waals surface area contributed by atoms with Crippen LogP contribution in [0.4, 0.5) is 0 Å². The molecule has 1 rings (SSSR count). The second-order valence-corrected chi connectivity index (χ2v) is 5.83. The molecule has 0 unspecified atom stereocenters. The monoisotopic (exact) mass is 342 g/mol. The molecular formula is C16H23ClN2O4. The lowest BCUT2D eigenvalue weighted by Gasteiger charge is -2.07. The maximum absolute atomic E-state index is 11.6. The number of hydrogen-bond acceptors (Lipinski definition) is 3. The Hall–Kier alpha value is -1.82. The Balaban J connectivity index is 2.07. The minimum atomic E-state index is -0.784. The van der Waals surface area contributed by atoms with Crippen molar-refractivity contribution in [3.63, 3.8) is 0 Å². The van der Waals surface area contributed by atoms with Crippen LogP contribution < -0.4 is 10.9 Å². The fourth-order valence-electron chi connectivity index (χ4n) is 2.14. The van der Waals surface area contributed by atoms with E-state index in [9.17, 15) is 14.4 Å². The second kappa shape index (κ2) is 10.8. The number of aromatic nitrogens is 1. The predicted octanol–water partition coefficient (Wildman–Crippen LogP) is 2.43. The first-order valence-corrected chi connectivity index (χ1v) is 8.21. The first kappa shape index (κ1) is 19.2. The summed E-state index contributed by atoms with van der Waals surface area (Å²) in [4.78, 5) is 33.5. The molecule has 128 valence electrons. The quantitative estimate of drug-likeness (QED) is 0.604. The number of nitrogens with one attached hydrogen (secondary N) is 1. The third-order valence-electron chi connectivity index (χ3n) is 3.39. The Morgan fingerprint density at radius 2 is 1.83 bits per heavy atom. The van der Waals surface area contributed by atoms with Gasteiger partial charge in [0.2, 0.25) is 5.91 Å². The van der Waals surface area contributed by atoms with Gasteiger partial charge in [0, 0.05) is 38.2 Å². The maximum atomic E-state index is 11.6. The van der Waals surface area contributed by atoms with E-state index < -0.39 is 5.97 Å². The van der Waals surface area contributed by atoms with Crippen molar-refractivity contribution in [3.8, 4) is 0 Å². The van der Waals surface area contributed by atoms with Gasteiger partial charge in [0.15, 0.2) is 0 Å². The molecule has 0 aliphatic rings. The number of carbonyl (C=O) groups is 2. The highest BCUT2D eigenvalue weighted by atomic mass is 35.5. The van der Waals surface area contributed by atoms with Crippen LogP contribution in [0.2, 0.25) is 5.02 Å². The van der Waals surface area contributed by atoms with E-state index in [1.54, 1.807) is 16.8 Å². The Kier molecular flexibility index (Phi) is 9.05. The molecule has 0 fully saturated rings. The number of unbranched alkanes of at least 4 members (excludes halogenated alkanes) is 3. The topological polar surface area (TPSA) is 88.4 Å². The van der Waals surface area contributed by atoms with E-state index in [1.807, 2.05) is 0 Å². The number of aliphatic carboxylic acids is 1. The van der Waals surface area contributed by atoms with Crippen molar-refractivity contribution in [1.29, 1.82) is 0 Å². The number of carboxylic acid groups (broad SMARTS) is 1. The number of carboxylic acids is 1. The first-order chi connectivity index (χ1) is 11.0. The molecule has 6 nitrogen and oxygen atoms in total. The van der Waals surface area contributed by atoms with Gasteiger partial charge in [-0.05, 0) is 31.7 Å².